The van der Waals surface area contributed by atoms with E-state index in [1.807, 2.05) is 17.0 Å². The van der Waals surface area contributed by atoms with Gasteiger partial charge in [-0.1, -0.05) is 26.0 Å². The summed E-state index contributed by atoms with van der Waals surface area (Å²) in [5, 5.41) is 3.08. The third kappa shape index (κ3) is 5.31. The highest BCUT2D eigenvalue weighted by molar-refractivity contribution is 5.91. The fourth-order valence-electron chi connectivity index (χ4n) is 4.59. The van der Waals surface area contributed by atoms with Gasteiger partial charge in [-0.05, 0) is 49.3 Å². The maximum absolute atomic E-state index is 12.4. The molecule has 1 atom stereocenters. The molecule has 2 aliphatic rings. The number of amides is 1. The second-order valence-corrected chi connectivity index (χ2v) is 8.40. The van der Waals surface area contributed by atoms with Gasteiger partial charge >= 0.3 is 0 Å². The molecule has 0 spiro atoms. The van der Waals surface area contributed by atoms with Crippen LogP contribution >= 0.6 is 0 Å². The van der Waals surface area contributed by atoms with Gasteiger partial charge in [-0.3, -0.25) is 4.79 Å². The summed E-state index contributed by atoms with van der Waals surface area (Å²) in [4.78, 5) is 15.7. The number of nitrogens with one attached hydrogen (secondary N) is 3. The molecule has 0 unspecified atom stereocenters. The number of carbonyl (C=O) groups is 1. The van der Waals surface area contributed by atoms with Gasteiger partial charge in [-0.25, -0.2) is 0 Å². The van der Waals surface area contributed by atoms with Crippen molar-refractivity contribution in [3.63, 3.8) is 0 Å². The van der Waals surface area contributed by atoms with Crippen molar-refractivity contribution in [1.82, 2.24) is 0 Å². The Kier molecular flexibility index (Phi) is 7.09. The molecule has 144 valence electrons. The molecule has 0 radical (unpaired) electrons. The molecule has 4 nitrogen and oxygen atoms in total. The third-order valence-electron chi connectivity index (χ3n) is 6.55. The first kappa shape index (κ1) is 19.4. The molecule has 0 aliphatic carbocycles. The summed E-state index contributed by atoms with van der Waals surface area (Å²) < 4.78 is 0. The SMILES string of the molecule is CC[C@@H](C)c1ccc(NC(=O)C[NH+]2CCC([NH+]3CCCCC3)CC2)cc1. The number of benzene rings is 1. The summed E-state index contributed by atoms with van der Waals surface area (Å²) in [5.41, 5.74) is 2.27. The Morgan fingerprint density at radius 1 is 1.08 bits per heavy atom. The summed E-state index contributed by atoms with van der Waals surface area (Å²) in [6, 6.07) is 9.21. The number of piperidine rings is 2. The Balaban J connectivity index is 1.41. The van der Waals surface area contributed by atoms with Gasteiger partial charge in [0.25, 0.3) is 5.91 Å². The van der Waals surface area contributed by atoms with E-state index in [1.165, 1.54) is 55.7 Å². The van der Waals surface area contributed by atoms with E-state index in [4.69, 9.17) is 0 Å². The van der Waals surface area contributed by atoms with Crippen LogP contribution in [-0.2, 0) is 4.79 Å². The van der Waals surface area contributed by atoms with Gasteiger partial charge in [0.1, 0.15) is 0 Å². The number of hydrogen-bond donors (Lipinski definition) is 3. The molecule has 1 aromatic carbocycles. The lowest BCUT2D eigenvalue weighted by molar-refractivity contribution is -0.958. The molecule has 2 aliphatic heterocycles. The molecule has 2 fully saturated rings. The fourth-order valence-corrected chi connectivity index (χ4v) is 4.59. The van der Waals surface area contributed by atoms with E-state index in [0.717, 1.165) is 31.2 Å². The zero-order valence-electron chi connectivity index (χ0n) is 16.7. The van der Waals surface area contributed by atoms with E-state index in [-0.39, 0.29) is 5.91 Å². The number of hydrogen-bond acceptors (Lipinski definition) is 1. The zero-order valence-corrected chi connectivity index (χ0v) is 16.7. The van der Waals surface area contributed by atoms with Crippen LogP contribution in [0.4, 0.5) is 5.69 Å². The van der Waals surface area contributed by atoms with Crippen molar-refractivity contribution in [3.05, 3.63) is 29.8 Å². The van der Waals surface area contributed by atoms with Gasteiger partial charge in [0.15, 0.2) is 6.54 Å². The molecule has 0 bridgehead atoms. The summed E-state index contributed by atoms with van der Waals surface area (Å²) in [6.07, 6.45) is 7.93. The first-order valence-corrected chi connectivity index (χ1v) is 10.7. The van der Waals surface area contributed by atoms with E-state index in [1.54, 1.807) is 0 Å². The van der Waals surface area contributed by atoms with E-state index in [9.17, 15) is 4.79 Å². The highest BCUT2D eigenvalue weighted by Gasteiger charge is 2.31. The van der Waals surface area contributed by atoms with Crippen LogP contribution in [0.5, 0.6) is 0 Å². The van der Waals surface area contributed by atoms with Crippen LogP contribution < -0.4 is 15.1 Å². The lowest BCUT2D eigenvalue weighted by Crippen LogP contribution is -3.21. The van der Waals surface area contributed by atoms with Crippen molar-refractivity contribution < 1.29 is 14.6 Å². The molecule has 3 rings (SSSR count). The van der Waals surface area contributed by atoms with Crippen LogP contribution in [-0.4, -0.2) is 44.7 Å². The Morgan fingerprint density at radius 3 is 2.35 bits per heavy atom. The summed E-state index contributed by atoms with van der Waals surface area (Å²) in [5.74, 6) is 0.729. The summed E-state index contributed by atoms with van der Waals surface area (Å²) in [7, 11) is 0. The normalized spacial score (nSPS) is 25.6. The topological polar surface area (TPSA) is 38.0 Å². The standard InChI is InChI=1S/C22H35N3O/c1-3-18(2)19-7-9-20(10-8-19)23-22(26)17-24-15-11-21(12-16-24)25-13-5-4-6-14-25/h7-10,18,21H,3-6,11-17H2,1-2H3,(H,23,26)/p+2/t18-/m1/s1. The minimum Gasteiger partial charge on any atom is -0.332 e. The van der Waals surface area contributed by atoms with Gasteiger partial charge in [-0.15, -0.1) is 0 Å². The first-order chi connectivity index (χ1) is 12.7. The van der Waals surface area contributed by atoms with E-state index >= 15 is 0 Å². The van der Waals surface area contributed by atoms with Crippen LogP contribution in [0.1, 0.15) is 63.9 Å². The highest BCUT2D eigenvalue weighted by Crippen LogP contribution is 2.20. The van der Waals surface area contributed by atoms with Crippen molar-refractivity contribution in [3.8, 4) is 0 Å². The van der Waals surface area contributed by atoms with Crippen molar-refractivity contribution in [2.75, 3.05) is 38.0 Å². The summed E-state index contributed by atoms with van der Waals surface area (Å²) in [6.45, 7) is 10.1. The average Bonchev–Trinajstić information content (AvgIpc) is 2.69. The molecule has 0 aromatic heterocycles. The average molecular weight is 360 g/mol. The smallest absolute Gasteiger partial charge is 0.279 e. The maximum atomic E-state index is 12.4. The van der Waals surface area contributed by atoms with Gasteiger partial charge in [0, 0.05) is 18.5 Å². The van der Waals surface area contributed by atoms with Crippen LogP contribution in [0.25, 0.3) is 0 Å². The first-order valence-electron chi connectivity index (χ1n) is 10.7. The monoisotopic (exact) mass is 359 g/mol. The van der Waals surface area contributed by atoms with Crippen molar-refractivity contribution in [2.45, 2.75) is 64.3 Å². The molecule has 26 heavy (non-hydrogen) atoms. The maximum Gasteiger partial charge on any atom is 0.279 e. The molecule has 0 saturated carbocycles. The van der Waals surface area contributed by atoms with Gasteiger partial charge in [0.05, 0.1) is 32.2 Å². The molecular formula is C22H37N3O+2. The largest absolute Gasteiger partial charge is 0.332 e. The van der Waals surface area contributed by atoms with Crippen LogP contribution in [0.15, 0.2) is 24.3 Å². The molecule has 1 aromatic rings. The number of quaternary nitrogens is 2. The number of carbonyl (C=O) groups excluding carboxylic acids is 1. The Morgan fingerprint density at radius 2 is 1.73 bits per heavy atom. The molecule has 2 saturated heterocycles. The second-order valence-electron chi connectivity index (χ2n) is 8.40. The van der Waals surface area contributed by atoms with Crippen molar-refractivity contribution in [1.29, 1.82) is 0 Å². The predicted molar refractivity (Wildman–Crippen MR) is 107 cm³/mol. The zero-order chi connectivity index (χ0) is 18.4. The molecule has 4 heteroatoms. The second kappa shape index (κ2) is 9.52. The lowest BCUT2D eigenvalue weighted by Gasteiger charge is -2.35. The Hall–Kier alpha value is -1.39. The van der Waals surface area contributed by atoms with Gasteiger partial charge in [-0.2, -0.15) is 0 Å². The molecule has 1 amide bonds. The van der Waals surface area contributed by atoms with Crippen molar-refractivity contribution in [2.24, 2.45) is 0 Å². The molecule has 2 heterocycles. The minimum atomic E-state index is 0.153. The highest BCUT2D eigenvalue weighted by atomic mass is 16.2. The van der Waals surface area contributed by atoms with E-state index < -0.39 is 0 Å². The minimum absolute atomic E-state index is 0.153. The van der Waals surface area contributed by atoms with Crippen molar-refractivity contribution >= 4 is 11.6 Å². The predicted octanol–water partition coefficient (Wildman–Crippen LogP) is 1.25. The third-order valence-corrected chi connectivity index (χ3v) is 6.55. The van der Waals surface area contributed by atoms with Crippen LogP contribution in [0.3, 0.4) is 0 Å². The van der Waals surface area contributed by atoms with Gasteiger partial charge in [0.2, 0.25) is 0 Å². The van der Waals surface area contributed by atoms with Crippen LogP contribution in [0, 0.1) is 0 Å². The van der Waals surface area contributed by atoms with Gasteiger partial charge < -0.3 is 15.1 Å². The van der Waals surface area contributed by atoms with Crippen LogP contribution in [0.2, 0.25) is 0 Å². The quantitative estimate of drug-likeness (QED) is 0.703. The van der Waals surface area contributed by atoms with E-state index in [2.05, 4.69) is 31.3 Å². The lowest BCUT2D eigenvalue weighted by atomic mass is 9.98. The summed E-state index contributed by atoms with van der Waals surface area (Å²) >= 11 is 0. The Bertz CT molecular complexity index is 557. The molecule has 3 N–H and O–H groups in total. The Labute approximate surface area is 158 Å². The van der Waals surface area contributed by atoms with E-state index in [0.29, 0.717) is 12.5 Å². The fraction of sp³-hybridized carbons (Fsp3) is 0.682. The number of likely N-dealkylation sites (tertiary alicyclic amines) is 2. The number of anilines is 1. The number of rotatable bonds is 6. The molecular weight excluding hydrogens is 322 g/mol.